The summed E-state index contributed by atoms with van der Waals surface area (Å²) < 4.78 is 36.8. The minimum absolute atomic E-state index is 0.00427. The number of amides is 1. The quantitative estimate of drug-likeness (QED) is 0.250. The van der Waals surface area contributed by atoms with Crippen LogP contribution in [0.4, 0.5) is 14.6 Å². The first-order valence-electron chi connectivity index (χ1n) is 16.0. The Bertz CT molecular complexity index is 1710. The van der Waals surface area contributed by atoms with E-state index in [2.05, 4.69) is 34.4 Å². The molecule has 3 heterocycles. The molecule has 4 atom stereocenters. The largest absolute Gasteiger partial charge is 0.462 e. The molecule has 1 saturated carbocycles. The van der Waals surface area contributed by atoms with Gasteiger partial charge in [-0.25, -0.2) is 15.4 Å². The van der Waals surface area contributed by atoms with Gasteiger partial charge in [-0.2, -0.15) is 9.97 Å². The van der Waals surface area contributed by atoms with Gasteiger partial charge in [0.2, 0.25) is 6.54 Å². The maximum absolute atomic E-state index is 16.8. The van der Waals surface area contributed by atoms with Gasteiger partial charge in [-0.15, -0.1) is 0 Å². The van der Waals surface area contributed by atoms with Gasteiger partial charge < -0.3 is 24.3 Å². The number of benzene rings is 2. The fourth-order valence-electron chi connectivity index (χ4n) is 8.14. The van der Waals surface area contributed by atoms with E-state index in [1.807, 2.05) is 29.2 Å². The average Bonchev–Trinajstić information content (AvgIpc) is 3.76. The highest BCUT2D eigenvalue weighted by atomic mass is 19.1. The molecule has 45 heavy (non-hydrogen) atoms. The predicted octanol–water partition coefficient (Wildman–Crippen LogP) is 5.77. The van der Waals surface area contributed by atoms with Crippen LogP contribution in [-0.4, -0.2) is 84.1 Å². The number of piperazine rings is 1. The molecule has 2 aliphatic carbocycles. The smallest absolute Gasteiger partial charge is 0.319 e. The zero-order valence-electron chi connectivity index (χ0n) is 25.6. The number of anilines is 1. The van der Waals surface area contributed by atoms with Crippen LogP contribution >= 0.6 is 0 Å². The Morgan fingerprint density at radius 2 is 1.96 bits per heavy atom. The van der Waals surface area contributed by atoms with Gasteiger partial charge in [-0.3, -0.25) is 4.79 Å². The second-order valence-electron chi connectivity index (χ2n) is 13.0. The number of nitrogens with zero attached hydrogens (tertiary/aromatic N) is 6. The minimum atomic E-state index is -1.05. The van der Waals surface area contributed by atoms with E-state index >= 15 is 4.39 Å². The number of ether oxygens (including phenoxy) is 1. The molecule has 234 valence electrons. The summed E-state index contributed by atoms with van der Waals surface area (Å²) in [5.41, 5.74) is 4.26. The van der Waals surface area contributed by atoms with Crippen molar-refractivity contribution in [3.8, 4) is 17.1 Å². The van der Waals surface area contributed by atoms with E-state index in [1.54, 1.807) is 0 Å². The summed E-state index contributed by atoms with van der Waals surface area (Å²) in [6.07, 6.45) is 6.72. The summed E-state index contributed by atoms with van der Waals surface area (Å²) >= 11 is 0. The van der Waals surface area contributed by atoms with Gasteiger partial charge in [-0.05, 0) is 80.3 Å². The number of aromatic nitrogens is 2. The van der Waals surface area contributed by atoms with E-state index in [0.29, 0.717) is 41.8 Å². The van der Waals surface area contributed by atoms with Crippen molar-refractivity contribution in [2.45, 2.75) is 56.5 Å². The Kier molecular flexibility index (Phi) is 7.90. The Morgan fingerprint density at radius 1 is 1.09 bits per heavy atom. The summed E-state index contributed by atoms with van der Waals surface area (Å²) in [7, 11) is 2.07. The Labute approximate surface area is 262 Å². The van der Waals surface area contributed by atoms with Crippen LogP contribution in [0.25, 0.3) is 26.9 Å². The number of hydrogen-bond acceptors (Lipinski definition) is 6. The highest BCUT2D eigenvalue weighted by Crippen LogP contribution is 2.52. The minimum Gasteiger partial charge on any atom is -0.462 e. The van der Waals surface area contributed by atoms with Crippen molar-refractivity contribution in [3.63, 3.8) is 0 Å². The maximum Gasteiger partial charge on any atom is 0.319 e. The van der Waals surface area contributed by atoms with Crippen molar-refractivity contribution in [2.75, 3.05) is 51.3 Å². The van der Waals surface area contributed by atoms with E-state index in [4.69, 9.17) is 16.3 Å². The van der Waals surface area contributed by atoms with Crippen LogP contribution in [0, 0.1) is 18.3 Å². The third-order valence-electron chi connectivity index (χ3n) is 10.4. The van der Waals surface area contributed by atoms with E-state index in [0.717, 1.165) is 37.8 Å². The molecule has 8 nitrogen and oxygen atoms in total. The van der Waals surface area contributed by atoms with Gasteiger partial charge in [0.1, 0.15) is 24.0 Å². The van der Waals surface area contributed by atoms with Crippen LogP contribution < -0.4 is 9.64 Å². The number of carbonyl (C=O) groups is 1. The lowest BCUT2D eigenvalue weighted by atomic mass is 9.89. The second kappa shape index (κ2) is 12.0. The van der Waals surface area contributed by atoms with Gasteiger partial charge in [0, 0.05) is 36.6 Å². The van der Waals surface area contributed by atoms with Crippen molar-refractivity contribution < 1.29 is 18.3 Å². The molecule has 0 bridgehead atoms. The summed E-state index contributed by atoms with van der Waals surface area (Å²) in [6, 6.07) is 9.70. The molecule has 2 aliphatic heterocycles. The summed E-state index contributed by atoms with van der Waals surface area (Å²) in [5, 5.41) is 0.532. The standard InChI is InChI=1S/C35H38F2N6O2/c1-21(36)34(44)43-16-15-42(19-25(43)18-38-2)33-29-13-12-28(27-11-5-8-23-17-22-7-4-10-26(22)30(23)27)31(37)32(29)39-35(40-33)45-20-24-9-6-14-41(24)3/h5,8,11-13,22,24-26H,1,4,6-7,9-10,14-20H2,3H3/t22?,24-,25-,26?/m0/s1. The van der Waals surface area contributed by atoms with Crippen molar-refractivity contribution in [1.82, 2.24) is 19.8 Å². The molecule has 4 aliphatic rings. The number of hydrogen-bond donors (Lipinski definition) is 0. The monoisotopic (exact) mass is 612 g/mol. The van der Waals surface area contributed by atoms with Crippen molar-refractivity contribution in [1.29, 1.82) is 0 Å². The molecular formula is C35H38F2N6O2. The number of likely N-dealkylation sites (tertiary alicyclic amines) is 1. The number of halogens is 2. The molecule has 0 radical (unpaired) electrons. The summed E-state index contributed by atoms with van der Waals surface area (Å²) in [6.45, 7) is 12.7. The number of carbonyl (C=O) groups excluding carboxylic acids is 1. The zero-order chi connectivity index (χ0) is 31.2. The van der Waals surface area contributed by atoms with Crippen LogP contribution in [0.2, 0.25) is 0 Å². The average molecular weight is 613 g/mol. The van der Waals surface area contributed by atoms with Gasteiger partial charge in [0.15, 0.2) is 11.6 Å². The fourth-order valence-corrected chi connectivity index (χ4v) is 8.14. The van der Waals surface area contributed by atoms with Gasteiger partial charge in [0.25, 0.3) is 5.91 Å². The molecule has 0 spiro atoms. The normalized spacial score (nSPS) is 24.5. The highest BCUT2D eigenvalue weighted by Gasteiger charge is 2.39. The maximum atomic E-state index is 16.8. The lowest BCUT2D eigenvalue weighted by molar-refractivity contribution is -0.131. The number of fused-ring (bicyclic) bond motifs is 4. The second-order valence-corrected chi connectivity index (χ2v) is 13.0. The van der Waals surface area contributed by atoms with Gasteiger partial charge in [0.05, 0.1) is 0 Å². The fraction of sp³-hybridized carbons (Fsp3) is 0.486. The molecule has 2 unspecified atom stereocenters. The molecule has 2 saturated heterocycles. The van der Waals surface area contributed by atoms with Crippen LogP contribution in [-0.2, 0) is 11.2 Å². The summed E-state index contributed by atoms with van der Waals surface area (Å²) in [5.74, 6) is -0.686. The molecule has 2 aromatic carbocycles. The SMILES string of the molecule is [C-]#[N+]C[C@H]1CN(c2nc(OC[C@@H]3CCCN3C)nc3c(F)c(-c4cccc5c4C4CCCC4C5)ccc23)CCN1C(=O)C(=C)F. The number of rotatable bonds is 7. The van der Waals surface area contributed by atoms with Crippen molar-refractivity contribution in [3.05, 3.63) is 71.1 Å². The Morgan fingerprint density at radius 3 is 2.73 bits per heavy atom. The molecule has 7 rings (SSSR count). The van der Waals surface area contributed by atoms with Crippen LogP contribution in [0.15, 0.2) is 42.7 Å². The molecule has 3 aromatic rings. The van der Waals surface area contributed by atoms with Gasteiger partial charge >= 0.3 is 6.01 Å². The zero-order valence-corrected chi connectivity index (χ0v) is 25.6. The molecule has 10 heteroatoms. The van der Waals surface area contributed by atoms with E-state index in [1.165, 1.54) is 28.9 Å². The van der Waals surface area contributed by atoms with E-state index in [9.17, 15) is 9.18 Å². The Balaban J connectivity index is 1.30. The van der Waals surface area contributed by atoms with Crippen LogP contribution in [0.1, 0.15) is 49.1 Å². The lowest BCUT2D eigenvalue weighted by Gasteiger charge is -2.39. The van der Waals surface area contributed by atoms with Crippen LogP contribution in [0.5, 0.6) is 6.01 Å². The van der Waals surface area contributed by atoms with Crippen LogP contribution in [0.3, 0.4) is 0 Å². The first kappa shape index (κ1) is 29.6. The van der Waals surface area contributed by atoms with E-state index in [-0.39, 0.29) is 37.2 Å². The van der Waals surface area contributed by atoms with Crippen molar-refractivity contribution in [2.24, 2.45) is 5.92 Å². The molecular weight excluding hydrogens is 574 g/mol. The molecule has 1 aromatic heterocycles. The third kappa shape index (κ3) is 5.31. The first-order chi connectivity index (χ1) is 21.8. The molecule has 3 fully saturated rings. The molecule has 0 N–H and O–H groups in total. The van der Waals surface area contributed by atoms with Crippen molar-refractivity contribution >= 4 is 22.6 Å². The number of likely N-dealkylation sites (N-methyl/N-ethyl adjacent to an activating group) is 1. The third-order valence-corrected chi connectivity index (χ3v) is 10.4. The van der Waals surface area contributed by atoms with E-state index < -0.39 is 23.6 Å². The lowest BCUT2D eigenvalue weighted by Crippen LogP contribution is -2.56. The highest BCUT2D eigenvalue weighted by molar-refractivity contribution is 5.94. The van der Waals surface area contributed by atoms with Gasteiger partial charge in [-0.1, -0.05) is 37.3 Å². The summed E-state index contributed by atoms with van der Waals surface area (Å²) in [4.78, 5) is 31.0. The Hall–Kier alpha value is -4.10. The predicted molar refractivity (Wildman–Crippen MR) is 169 cm³/mol. The molecule has 1 amide bonds. The topological polar surface area (TPSA) is 66.2 Å². The first-order valence-corrected chi connectivity index (χ1v) is 16.0.